The first-order valence-corrected chi connectivity index (χ1v) is 11.3. The van der Waals surface area contributed by atoms with Crippen molar-refractivity contribution >= 4 is 32.8 Å². The summed E-state index contributed by atoms with van der Waals surface area (Å²) in [4.78, 5) is 8.61. The third-order valence-electron chi connectivity index (χ3n) is 4.38. The van der Waals surface area contributed by atoms with E-state index in [1.165, 1.54) is 24.5 Å². The molecule has 0 fully saturated rings. The molecule has 0 atom stereocenters. The van der Waals surface area contributed by atoms with Crippen LogP contribution in [0.25, 0.3) is 10.9 Å². The summed E-state index contributed by atoms with van der Waals surface area (Å²) in [5, 5.41) is 3.76. The maximum absolute atomic E-state index is 11.0. The standard InChI is InChI=1S/C22H23N3O8S/c1-4-15-11-16(5-6-19(15)33-34(26,27)28)25-22-17-12-20(31-9-7-29-2)21(32-10-8-30-3)13-18(17)23-14-24-22/h1,5-6,11-14H,7-10H2,2-3H3,(H,23,24,25)(H,26,27,28). The monoisotopic (exact) mass is 489 g/mol. The smallest absolute Gasteiger partial charge is 0.446 e. The Balaban J connectivity index is 1.96. The quantitative estimate of drug-likeness (QED) is 0.220. The second-order valence-electron chi connectivity index (χ2n) is 6.71. The van der Waals surface area contributed by atoms with Gasteiger partial charge in [0, 0.05) is 31.4 Å². The highest BCUT2D eigenvalue weighted by Crippen LogP contribution is 2.35. The van der Waals surface area contributed by atoms with Gasteiger partial charge < -0.3 is 28.4 Å². The van der Waals surface area contributed by atoms with Crippen LogP contribution < -0.4 is 19.0 Å². The summed E-state index contributed by atoms with van der Waals surface area (Å²) in [6.07, 6.45) is 6.84. The van der Waals surface area contributed by atoms with E-state index in [1.54, 1.807) is 26.4 Å². The van der Waals surface area contributed by atoms with E-state index < -0.39 is 10.4 Å². The highest BCUT2D eigenvalue weighted by molar-refractivity contribution is 7.81. The molecule has 180 valence electrons. The Hall–Kier alpha value is -3.63. The van der Waals surface area contributed by atoms with Gasteiger partial charge in [0.25, 0.3) is 0 Å². The van der Waals surface area contributed by atoms with Gasteiger partial charge in [-0.1, -0.05) is 5.92 Å². The Morgan fingerprint density at radius 2 is 1.65 bits per heavy atom. The zero-order valence-electron chi connectivity index (χ0n) is 18.5. The van der Waals surface area contributed by atoms with E-state index in [9.17, 15) is 8.42 Å². The van der Waals surface area contributed by atoms with Crippen LogP contribution in [0, 0.1) is 12.3 Å². The van der Waals surface area contributed by atoms with Crippen molar-refractivity contribution in [2.75, 3.05) is 46.0 Å². The van der Waals surface area contributed by atoms with Crippen LogP contribution in [-0.2, 0) is 19.9 Å². The van der Waals surface area contributed by atoms with Crippen molar-refractivity contribution in [3.8, 4) is 29.6 Å². The van der Waals surface area contributed by atoms with Crippen LogP contribution in [0.15, 0.2) is 36.7 Å². The van der Waals surface area contributed by atoms with Crippen LogP contribution in [0.4, 0.5) is 11.5 Å². The SMILES string of the molecule is C#Cc1cc(Nc2ncnc3cc(OCCOC)c(OCCOC)cc23)ccc1OS(=O)(=O)O. The Labute approximate surface area is 196 Å². The number of nitrogens with zero attached hydrogens (tertiary/aromatic N) is 2. The lowest BCUT2D eigenvalue weighted by molar-refractivity contribution is 0.132. The number of methoxy groups -OCH3 is 2. The highest BCUT2D eigenvalue weighted by Gasteiger charge is 2.15. The minimum absolute atomic E-state index is 0.110. The number of fused-ring (bicyclic) bond motifs is 1. The van der Waals surface area contributed by atoms with Crippen LogP contribution in [0.5, 0.6) is 17.2 Å². The van der Waals surface area contributed by atoms with Gasteiger partial charge in [0.1, 0.15) is 25.4 Å². The molecule has 0 radical (unpaired) electrons. The molecule has 0 saturated heterocycles. The lowest BCUT2D eigenvalue weighted by Crippen LogP contribution is -2.09. The molecule has 1 heterocycles. The maximum Gasteiger partial charge on any atom is 0.446 e. The van der Waals surface area contributed by atoms with Crippen molar-refractivity contribution in [1.29, 1.82) is 0 Å². The average molecular weight is 490 g/mol. The lowest BCUT2D eigenvalue weighted by atomic mass is 10.1. The molecule has 2 N–H and O–H groups in total. The summed E-state index contributed by atoms with van der Waals surface area (Å²) < 4.78 is 57.2. The molecular weight excluding hydrogens is 466 g/mol. The van der Waals surface area contributed by atoms with Crippen LogP contribution in [0.1, 0.15) is 5.56 Å². The van der Waals surface area contributed by atoms with E-state index in [4.69, 9.17) is 29.9 Å². The summed E-state index contributed by atoms with van der Waals surface area (Å²) in [6, 6.07) is 7.79. The van der Waals surface area contributed by atoms with E-state index >= 15 is 0 Å². The molecule has 0 spiro atoms. The molecule has 0 saturated carbocycles. The number of rotatable bonds is 12. The topological polar surface area (TPSA) is 138 Å². The number of benzene rings is 2. The second-order valence-corrected chi connectivity index (χ2v) is 7.73. The molecule has 0 bridgehead atoms. The van der Waals surface area contributed by atoms with E-state index in [0.717, 1.165) is 0 Å². The lowest BCUT2D eigenvalue weighted by Gasteiger charge is -2.15. The highest BCUT2D eigenvalue weighted by atomic mass is 32.3. The molecule has 0 aliphatic carbocycles. The number of aromatic nitrogens is 2. The molecule has 11 nitrogen and oxygen atoms in total. The zero-order valence-corrected chi connectivity index (χ0v) is 19.3. The first-order chi connectivity index (χ1) is 16.3. The van der Waals surface area contributed by atoms with Crippen molar-refractivity contribution in [2.24, 2.45) is 0 Å². The Bertz CT molecular complexity index is 1290. The second kappa shape index (κ2) is 11.5. The van der Waals surface area contributed by atoms with Crippen molar-refractivity contribution in [1.82, 2.24) is 9.97 Å². The molecule has 12 heteroatoms. The Morgan fingerprint density at radius 3 is 2.26 bits per heavy atom. The van der Waals surface area contributed by atoms with Gasteiger partial charge in [0.05, 0.1) is 24.3 Å². The van der Waals surface area contributed by atoms with Crippen molar-refractivity contribution < 1.29 is 36.1 Å². The van der Waals surface area contributed by atoms with Crippen molar-refractivity contribution in [2.45, 2.75) is 0 Å². The van der Waals surface area contributed by atoms with E-state index in [1.807, 2.05) is 0 Å². The van der Waals surface area contributed by atoms with Crippen molar-refractivity contribution in [3.05, 3.63) is 42.2 Å². The first-order valence-electron chi connectivity index (χ1n) is 9.91. The summed E-state index contributed by atoms with van der Waals surface area (Å²) in [5.74, 6) is 3.54. The molecule has 1 aromatic heterocycles. The summed E-state index contributed by atoms with van der Waals surface area (Å²) in [7, 11) is -1.56. The molecule has 3 aromatic rings. The van der Waals surface area contributed by atoms with Crippen LogP contribution in [-0.4, -0.2) is 63.6 Å². The van der Waals surface area contributed by atoms with E-state index in [0.29, 0.717) is 60.3 Å². The molecule has 0 unspecified atom stereocenters. The number of anilines is 2. The number of nitrogens with one attached hydrogen (secondary N) is 1. The van der Waals surface area contributed by atoms with Gasteiger partial charge in [0.15, 0.2) is 17.2 Å². The van der Waals surface area contributed by atoms with Gasteiger partial charge in [-0.15, -0.1) is 6.42 Å². The number of hydrogen-bond donors (Lipinski definition) is 2. The number of terminal acetylenes is 1. The van der Waals surface area contributed by atoms with Crippen LogP contribution in [0.3, 0.4) is 0 Å². The summed E-state index contributed by atoms with van der Waals surface area (Å²) in [6.45, 7) is 1.42. The van der Waals surface area contributed by atoms with Crippen LogP contribution in [0.2, 0.25) is 0 Å². The zero-order chi connectivity index (χ0) is 24.6. The van der Waals surface area contributed by atoms with Gasteiger partial charge in [-0.05, 0) is 24.3 Å². The predicted octanol–water partition coefficient (Wildman–Crippen LogP) is 2.59. The van der Waals surface area contributed by atoms with Gasteiger partial charge >= 0.3 is 10.4 Å². The fourth-order valence-electron chi connectivity index (χ4n) is 2.90. The molecule has 0 aliphatic heterocycles. The van der Waals surface area contributed by atoms with Gasteiger partial charge in [-0.2, -0.15) is 8.42 Å². The van der Waals surface area contributed by atoms with Gasteiger partial charge in [-0.3, -0.25) is 4.55 Å². The van der Waals surface area contributed by atoms with Crippen LogP contribution >= 0.6 is 0 Å². The molecule has 34 heavy (non-hydrogen) atoms. The largest absolute Gasteiger partial charge is 0.487 e. The van der Waals surface area contributed by atoms with E-state index in [-0.39, 0.29) is 11.3 Å². The van der Waals surface area contributed by atoms with Gasteiger partial charge in [-0.25, -0.2) is 9.97 Å². The average Bonchev–Trinajstić information content (AvgIpc) is 2.80. The summed E-state index contributed by atoms with van der Waals surface area (Å²) in [5.41, 5.74) is 1.20. The predicted molar refractivity (Wildman–Crippen MR) is 124 cm³/mol. The normalized spacial score (nSPS) is 11.1. The third kappa shape index (κ3) is 6.69. The fraction of sp³-hybridized carbons (Fsp3) is 0.273. The molecule has 2 aromatic carbocycles. The van der Waals surface area contributed by atoms with Crippen molar-refractivity contribution in [3.63, 3.8) is 0 Å². The Kier molecular flexibility index (Phi) is 8.44. The Morgan fingerprint density at radius 1 is 0.971 bits per heavy atom. The number of ether oxygens (including phenoxy) is 4. The van der Waals surface area contributed by atoms with Gasteiger partial charge in [0.2, 0.25) is 0 Å². The molecule has 0 aliphatic rings. The minimum atomic E-state index is -4.72. The minimum Gasteiger partial charge on any atom is -0.487 e. The molecule has 0 amide bonds. The summed E-state index contributed by atoms with van der Waals surface area (Å²) >= 11 is 0. The third-order valence-corrected chi connectivity index (χ3v) is 4.77. The van der Waals surface area contributed by atoms with E-state index in [2.05, 4.69) is 25.4 Å². The maximum atomic E-state index is 11.0. The molecule has 3 rings (SSSR count). The first kappa shape index (κ1) is 25.0. The fourth-order valence-corrected chi connectivity index (χ4v) is 3.27. The number of hydrogen-bond acceptors (Lipinski definition) is 10. The molecular formula is C22H23N3O8S.